The van der Waals surface area contributed by atoms with Crippen molar-refractivity contribution >= 4 is 40.9 Å². The van der Waals surface area contributed by atoms with Gasteiger partial charge in [-0.2, -0.15) is 5.26 Å². The van der Waals surface area contributed by atoms with E-state index < -0.39 is 17.0 Å². The van der Waals surface area contributed by atoms with Crippen molar-refractivity contribution in [1.82, 2.24) is 5.32 Å². The summed E-state index contributed by atoms with van der Waals surface area (Å²) < 4.78 is 13.6. The number of benzene rings is 3. The molecule has 0 radical (unpaired) electrons. The number of amides is 2. The number of anilines is 1. The van der Waals surface area contributed by atoms with Crippen LogP contribution in [0.15, 0.2) is 89.5 Å². The van der Waals surface area contributed by atoms with Gasteiger partial charge in [0.15, 0.2) is 0 Å². The molecule has 0 spiro atoms. The first-order chi connectivity index (χ1) is 17.0. The average molecular weight is 506 g/mol. The summed E-state index contributed by atoms with van der Waals surface area (Å²) in [5, 5.41) is 12.9. The molecule has 0 aliphatic carbocycles. The van der Waals surface area contributed by atoms with Gasteiger partial charge in [-0.1, -0.05) is 65.8 Å². The SMILES string of the molecule is N#C/C(C(=O)NCCc1ccccc1)=C1/S[C@H](Cc2cccc(Cl)c2)C(=O)N1c1ccc(F)cc1. The molecule has 176 valence electrons. The highest BCUT2D eigenvalue weighted by Gasteiger charge is 2.40. The Balaban J connectivity index is 1.62. The van der Waals surface area contributed by atoms with Crippen molar-refractivity contribution in [3.8, 4) is 6.07 Å². The Morgan fingerprint density at radius 2 is 1.77 bits per heavy atom. The van der Waals surface area contributed by atoms with Crippen LogP contribution in [0.25, 0.3) is 0 Å². The first kappa shape index (κ1) is 24.5. The number of thioether (sulfide) groups is 1. The topological polar surface area (TPSA) is 73.2 Å². The van der Waals surface area contributed by atoms with E-state index in [0.717, 1.165) is 22.9 Å². The van der Waals surface area contributed by atoms with E-state index in [9.17, 15) is 19.2 Å². The van der Waals surface area contributed by atoms with Crippen LogP contribution in [0.1, 0.15) is 11.1 Å². The van der Waals surface area contributed by atoms with Gasteiger partial charge >= 0.3 is 0 Å². The maximum atomic E-state index is 13.6. The molecule has 1 N–H and O–H groups in total. The predicted octanol–water partition coefficient (Wildman–Crippen LogP) is 5.26. The molecule has 0 unspecified atom stereocenters. The van der Waals surface area contributed by atoms with Crippen LogP contribution in [-0.4, -0.2) is 23.6 Å². The molecule has 1 heterocycles. The van der Waals surface area contributed by atoms with Gasteiger partial charge in [0.25, 0.3) is 5.91 Å². The number of nitrogens with one attached hydrogen (secondary N) is 1. The number of nitriles is 1. The number of nitrogens with zero attached hydrogens (tertiary/aromatic N) is 2. The summed E-state index contributed by atoms with van der Waals surface area (Å²) in [6.07, 6.45) is 0.964. The molecule has 1 saturated heterocycles. The van der Waals surface area contributed by atoms with Crippen LogP contribution in [0, 0.1) is 17.1 Å². The largest absolute Gasteiger partial charge is 0.351 e. The van der Waals surface area contributed by atoms with Gasteiger partial charge in [-0.15, -0.1) is 0 Å². The van der Waals surface area contributed by atoms with Crippen molar-refractivity contribution in [3.63, 3.8) is 0 Å². The summed E-state index contributed by atoms with van der Waals surface area (Å²) in [5.41, 5.74) is 2.14. The Kier molecular flexibility index (Phi) is 7.86. The van der Waals surface area contributed by atoms with E-state index in [1.54, 1.807) is 18.2 Å². The molecule has 3 aromatic carbocycles. The first-order valence-corrected chi connectivity index (χ1v) is 12.2. The Morgan fingerprint density at radius 1 is 1.06 bits per heavy atom. The second kappa shape index (κ2) is 11.2. The van der Waals surface area contributed by atoms with Crippen molar-refractivity contribution in [2.75, 3.05) is 11.4 Å². The van der Waals surface area contributed by atoms with E-state index in [0.29, 0.717) is 30.1 Å². The Labute approximate surface area is 212 Å². The zero-order valence-corrected chi connectivity index (χ0v) is 20.2. The van der Waals surface area contributed by atoms with E-state index in [-0.39, 0.29) is 16.5 Å². The second-order valence-corrected chi connectivity index (χ2v) is 9.50. The average Bonchev–Trinajstić information content (AvgIpc) is 3.16. The van der Waals surface area contributed by atoms with Crippen LogP contribution >= 0.6 is 23.4 Å². The molecule has 0 aromatic heterocycles. The summed E-state index contributed by atoms with van der Waals surface area (Å²) in [5.74, 6) is -1.30. The number of carbonyl (C=O) groups excluding carboxylic acids is 2. The highest BCUT2D eigenvalue weighted by atomic mass is 35.5. The van der Waals surface area contributed by atoms with Crippen molar-refractivity contribution in [2.24, 2.45) is 0 Å². The van der Waals surface area contributed by atoms with E-state index in [1.165, 1.54) is 29.2 Å². The van der Waals surface area contributed by atoms with Gasteiger partial charge in [0.05, 0.1) is 5.25 Å². The predicted molar refractivity (Wildman–Crippen MR) is 136 cm³/mol. The van der Waals surface area contributed by atoms with Crippen molar-refractivity contribution in [1.29, 1.82) is 5.26 Å². The molecule has 1 fully saturated rings. The quantitative estimate of drug-likeness (QED) is 0.351. The lowest BCUT2D eigenvalue weighted by Gasteiger charge is -2.18. The molecule has 1 aliphatic rings. The molecular weight excluding hydrogens is 485 g/mol. The van der Waals surface area contributed by atoms with Crippen LogP contribution in [-0.2, 0) is 22.4 Å². The standard InChI is InChI=1S/C27H21ClFN3O2S/c28-20-8-4-7-19(15-20)16-24-26(34)32(22-11-9-21(29)10-12-22)27(35-24)23(17-30)25(33)31-14-13-18-5-2-1-3-6-18/h1-12,15,24H,13-14,16H2,(H,31,33)/b27-23-/t24-/m1/s1. The normalized spacial score (nSPS) is 16.7. The summed E-state index contributed by atoms with van der Waals surface area (Å²) >= 11 is 7.25. The van der Waals surface area contributed by atoms with Gasteiger partial charge < -0.3 is 5.32 Å². The summed E-state index contributed by atoms with van der Waals surface area (Å²) in [7, 11) is 0. The minimum Gasteiger partial charge on any atom is -0.351 e. The lowest BCUT2D eigenvalue weighted by molar-refractivity contribution is -0.117. The van der Waals surface area contributed by atoms with Crippen molar-refractivity contribution < 1.29 is 14.0 Å². The van der Waals surface area contributed by atoms with Crippen molar-refractivity contribution in [3.05, 3.63) is 111 Å². The molecule has 8 heteroatoms. The molecule has 0 saturated carbocycles. The minimum atomic E-state index is -0.575. The molecule has 35 heavy (non-hydrogen) atoms. The zero-order chi connectivity index (χ0) is 24.8. The highest BCUT2D eigenvalue weighted by molar-refractivity contribution is 8.05. The lowest BCUT2D eigenvalue weighted by Crippen LogP contribution is -2.32. The van der Waals surface area contributed by atoms with E-state index in [2.05, 4.69) is 5.32 Å². The number of halogens is 2. The fourth-order valence-electron chi connectivity index (χ4n) is 3.74. The van der Waals surface area contributed by atoms with Crippen LogP contribution in [0.2, 0.25) is 5.02 Å². The van der Waals surface area contributed by atoms with Gasteiger partial charge in [-0.25, -0.2) is 4.39 Å². The maximum absolute atomic E-state index is 13.6. The van der Waals surface area contributed by atoms with Crippen LogP contribution < -0.4 is 10.2 Å². The molecule has 3 aromatic rings. The third kappa shape index (κ3) is 5.91. The summed E-state index contributed by atoms with van der Waals surface area (Å²) in [6.45, 7) is 0.336. The van der Waals surface area contributed by atoms with Crippen molar-refractivity contribution in [2.45, 2.75) is 18.1 Å². The van der Waals surface area contributed by atoms with Crippen LogP contribution in [0.5, 0.6) is 0 Å². The third-order valence-electron chi connectivity index (χ3n) is 5.44. The second-order valence-electron chi connectivity index (χ2n) is 7.87. The number of hydrogen-bond acceptors (Lipinski definition) is 4. The van der Waals surface area contributed by atoms with Gasteiger partial charge in [-0.05, 0) is 60.4 Å². The molecule has 1 aliphatic heterocycles. The molecule has 2 amide bonds. The third-order valence-corrected chi connectivity index (χ3v) is 6.94. The maximum Gasteiger partial charge on any atom is 0.264 e. The van der Waals surface area contributed by atoms with Crippen LogP contribution in [0.3, 0.4) is 0 Å². The Bertz CT molecular complexity index is 1310. The number of carbonyl (C=O) groups is 2. The molecule has 1 atom stereocenters. The molecular formula is C27H21ClFN3O2S. The van der Waals surface area contributed by atoms with Gasteiger partial charge in [0.2, 0.25) is 5.91 Å². The highest BCUT2D eigenvalue weighted by Crippen LogP contribution is 2.42. The lowest BCUT2D eigenvalue weighted by atomic mass is 10.1. The number of rotatable bonds is 7. The smallest absolute Gasteiger partial charge is 0.264 e. The van der Waals surface area contributed by atoms with Gasteiger partial charge in [0.1, 0.15) is 22.5 Å². The molecule has 4 rings (SSSR count). The number of hydrogen-bond donors (Lipinski definition) is 1. The Hall–Kier alpha value is -3.60. The first-order valence-electron chi connectivity index (χ1n) is 10.9. The molecule has 0 bridgehead atoms. The Morgan fingerprint density at radius 3 is 2.46 bits per heavy atom. The fourth-order valence-corrected chi connectivity index (χ4v) is 5.26. The van der Waals surface area contributed by atoms with E-state index >= 15 is 0 Å². The van der Waals surface area contributed by atoms with E-state index in [4.69, 9.17) is 11.6 Å². The zero-order valence-electron chi connectivity index (χ0n) is 18.6. The van der Waals surface area contributed by atoms with Gasteiger partial charge in [-0.3, -0.25) is 14.5 Å². The summed E-state index contributed by atoms with van der Waals surface area (Å²) in [6, 6.07) is 24.2. The van der Waals surface area contributed by atoms with Crippen LogP contribution in [0.4, 0.5) is 10.1 Å². The summed E-state index contributed by atoms with van der Waals surface area (Å²) in [4.78, 5) is 27.7. The van der Waals surface area contributed by atoms with Gasteiger partial charge in [0, 0.05) is 17.3 Å². The fraction of sp³-hybridized carbons (Fsp3) is 0.148. The monoisotopic (exact) mass is 505 g/mol. The minimum absolute atomic E-state index is 0.158. The molecule has 5 nitrogen and oxygen atoms in total. The van der Waals surface area contributed by atoms with E-state index in [1.807, 2.05) is 42.5 Å².